The van der Waals surface area contributed by atoms with Crippen LogP contribution in [0.3, 0.4) is 0 Å². The lowest BCUT2D eigenvalue weighted by Gasteiger charge is -2.33. The van der Waals surface area contributed by atoms with E-state index in [1.807, 2.05) is 6.92 Å². The topological polar surface area (TPSA) is 69.6 Å². The molecule has 0 aromatic heterocycles. The van der Waals surface area contributed by atoms with Crippen LogP contribution in [0.2, 0.25) is 0 Å². The van der Waals surface area contributed by atoms with E-state index in [2.05, 4.69) is 11.9 Å². The summed E-state index contributed by atoms with van der Waals surface area (Å²) < 4.78 is 0. The fourth-order valence-corrected chi connectivity index (χ4v) is 3.59. The molecule has 5 heteroatoms. The molecule has 2 rings (SSSR count). The van der Waals surface area contributed by atoms with E-state index in [0.29, 0.717) is 38.4 Å². The first-order chi connectivity index (χ1) is 10.4. The summed E-state index contributed by atoms with van der Waals surface area (Å²) in [6.07, 6.45) is 7.11. The maximum absolute atomic E-state index is 12.3. The number of carbonyl (C=O) groups excluding carboxylic acids is 2. The van der Waals surface area contributed by atoms with Crippen LogP contribution in [0.4, 0.5) is 0 Å². The van der Waals surface area contributed by atoms with E-state index in [1.54, 1.807) is 4.90 Å². The Balaban J connectivity index is 1.76. The second kappa shape index (κ2) is 7.27. The first-order valence-electron chi connectivity index (χ1n) is 8.35. The van der Waals surface area contributed by atoms with E-state index in [4.69, 9.17) is 0 Å². The fraction of sp³-hybridized carbons (Fsp3) is 0.765. The van der Waals surface area contributed by atoms with Crippen molar-refractivity contribution in [1.82, 2.24) is 10.2 Å². The maximum atomic E-state index is 12.3. The Kier molecular flexibility index (Phi) is 5.62. The molecule has 2 N–H and O–H groups in total. The molecule has 0 bridgehead atoms. The minimum absolute atomic E-state index is 0.00368. The zero-order chi connectivity index (χ0) is 16.2. The van der Waals surface area contributed by atoms with Gasteiger partial charge in [0.05, 0.1) is 5.60 Å². The normalized spacial score (nSPS) is 23.1. The molecule has 22 heavy (non-hydrogen) atoms. The molecule has 0 aromatic carbocycles. The van der Waals surface area contributed by atoms with Crippen LogP contribution in [0.1, 0.15) is 45.4 Å². The average molecular weight is 308 g/mol. The zero-order valence-electron chi connectivity index (χ0n) is 13.5. The molecule has 2 fully saturated rings. The quantitative estimate of drug-likeness (QED) is 0.756. The number of hydrogen-bond donors (Lipinski definition) is 2. The fourth-order valence-electron chi connectivity index (χ4n) is 3.59. The van der Waals surface area contributed by atoms with Gasteiger partial charge in [-0.15, -0.1) is 0 Å². The van der Waals surface area contributed by atoms with Crippen LogP contribution in [0.25, 0.3) is 0 Å². The van der Waals surface area contributed by atoms with E-state index in [-0.39, 0.29) is 17.7 Å². The Morgan fingerprint density at radius 1 is 1.27 bits per heavy atom. The van der Waals surface area contributed by atoms with Crippen molar-refractivity contribution in [1.29, 1.82) is 0 Å². The number of nitrogens with one attached hydrogen (secondary N) is 1. The average Bonchev–Trinajstić information content (AvgIpc) is 3.07. The summed E-state index contributed by atoms with van der Waals surface area (Å²) >= 11 is 0. The molecule has 0 radical (unpaired) electrons. The van der Waals surface area contributed by atoms with E-state index < -0.39 is 5.60 Å². The molecule has 1 saturated heterocycles. The highest BCUT2D eigenvalue weighted by Crippen LogP contribution is 2.33. The Morgan fingerprint density at radius 2 is 1.86 bits per heavy atom. The van der Waals surface area contributed by atoms with Gasteiger partial charge in [-0.3, -0.25) is 9.59 Å². The highest BCUT2D eigenvalue weighted by molar-refractivity contribution is 5.87. The summed E-state index contributed by atoms with van der Waals surface area (Å²) in [5, 5.41) is 13.4. The number of nitrogens with zero attached hydrogens (tertiary/aromatic N) is 1. The van der Waals surface area contributed by atoms with E-state index in [9.17, 15) is 14.7 Å². The number of piperidine rings is 1. The molecule has 1 aliphatic heterocycles. The smallest absolute Gasteiger partial charge is 0.245 e. The van der Waals surface area contributed by atoms with Gasteiger partial charge in [0.15, 0.2) is 0 Å². The van der Waals surface area contributed by atoms with E-state index in [1.165, 1.54) is 18.9 Å². The van der Waals surface area contributed by atoms with Crippen LogP contribution in [0.5, 0.6) is 0 Å². The third-order valence-electron chi connectivity index (χ3n) is 5.21. The highest BCUT2D eigenvalue weighted by Gasteiger charge is 2.35. The number of amides is 2. The highest BCUT2D eigenvalue weighted by atomic mass is 16.3. The van der Waals surface area contributed by atoms with Gasteiger partial charge in [-0.25, -0.2) is 0 Å². The molecule has 0 aromatic rings. The first-order valence-corrected chi connectivity index (χ1v) is 8.35. The van der Waals surface area contributed by atoms with Crippen molar-refractivity contribution in [2.75, 3.05) is 19.6 Å². The predicted molar refractivity (Wildman–Crippen MR) is 85.1 cm³/mol. The molecule has 124 valence electrons. The molecule has 2 amide bonds. The van der Waals surface area contributed by atoms with Crippen LogP contribution in [0.15, 0.2) is 12.7 Å². The lowest BCUT2D eigenvalue weighted by molar-refractivity contribution is -0.132. The van der Waals surface area contributed by atoms with Crippen LogP contribution in [-0.2, 0) is 9.59 Å². The van der Waals surface area contributed by atoms with Crippen LogP contribution in [-0.4, -0.2) is 47.1 Å². The van der Waals surface area contributed by atoms with Gasteiger partial charge in [0.1, 0.15) is 0 Å². The number of likely N-dealkylation sites (tertiary alicyclic amines) is 1. The van der Waals surface area contributed by atoms with Crippen molar-refractivity contribution >= 4 is 11.8 Å². The lowest BCUT2D eigenvalue weighted by Crippen LogP contribution is -2.48. The van der Waals surface area contributed by atoms with Gasteiger partial charge in [0.2, 0.25) is 11.8 Å². The zero-order valence-corrected chi connectivity index (χ0v) is 13.5. The molecule has 1 aliphatic carbocycles. The second-order valence-electron chi connectivity index (χ2n) is 6.86. The molecule has 0 spiro atoms. The molecule has 1 heterocycles. The number of hydrogen-bond acceptors (Lipinski definition) is 3. The summed E-state index contributed by atoms with van der Waals surface area (Å²) in [5.41, 5.74) is -0.814. The molecule has 1 unspecified atom stereocenters. The van der Waals surface area contributed by atoms with Crippen molar-refractivity contribution in [2.45, 2.75) is 51.0 Å². The minimum Gasteiger partial charge on any atom is -0.388 e. The second-order valence-corrected chi connectivity index (χ2v) is 6.86. The van der Waals surface area contributed by atoms with Gasteiger partial charge in [-0.05, 0) is 44.6 Å². The molecular weight excluding hydrogens is 280 g/mol. The molecule has 1 atom stereocenters. The molecular formula is C17H28N2O3. The summed E-state index contributed by atoms with van der Waals surface area (Å²) in [7, 11) is 0. The van der Waals surface area contributed by atoms with Gasteiger partial charge >= 0.3 is 0 Å². The first kappa shape index (κ1) is 17.0. The summed E-state index contributed by atoms with van der Waals surface area (Å²) in [5.74, 6) is 0.167. The van der Waals surface area contributed by atoms with Crippen LogP contribution in [0, 0.1) is 11.8 Å². The Labute approximate surface area is 132 Å². The van der Waals surface area contributed by atoms with Gasteiger partial charge in [-0.2, -0.15) is 0 Å². The van der Waals surface area contributed by atoms with Gasteiger partial charge in [0.25, 0.3) is 0 Å². The summed E-state index contributed by atoms with van der Waals surface area (Å²) in [6.45, 7) is 6.83. The number of carbonyl (C=O) groups is 2. The van der Waals surface area contributed by atoms with Crippen LogP contribution < -0.4 is 5.32 Å². The molecule has 1 saturated carbocycles. The largest absolute Gasteiger partial charge is 0.388 e. The Morgan fingerprint density at radius 3 is 2.41 bits per heavy atom. The number of aliphatic hydroxyl groups is 1. The van der Waals surface area contributed by atoms with Gasteiger partial charge < -0.3 is 15.3 Å². The monoisotopic (exact) mass is 308 g/mol. The third kappa shape index (κ3) is 4.09. The van der Waals surface area contributed by atoms with Gasteiger partial charge in [-0.1, -0.05) is 19.4 Å². The van der Waals surface area contributed by atoms with Crippen molar-refractivity contribution < 1.29 is 14.7 Å². The lowest BCUT2D eigenvalue weighted by atomic mass is 9.87. The SMILES string of the molecule is C=CC(=O)N1CCC(C(=O)NCC(C)(O)C2CCCC2)CC1. The van der Waals surface area contributed by atoms with Crippen molar-refractivity contribution in [3.63, 3.8) is 0 Å². The Hall–Kier alpha value is -1.36. The van der Waals surface area contributed by atoms with Crippen molar-refractivity contribution in [3.8, 4) is 0 Å². The summed E-state index contributed by atoms with van der Waals surface area (Å²) in [6, 6.07) is 0. The van der Waals surface area contributed by atoms with Crippen molar-refractivity contribution in [3.05, 3.63) is 12.7 Å². The predicted octanol–water partition coefficient (Wildman–Crippen LogP) is 1.47. The number of rotatable bonds is 5. The standard InChI is InChI=1S/C17H28N2O3/c1-3-15(20)19-10-8-13(9-11-19)16(21)18-12-17(2,22)14-6-4-5-7-14/h3,13-14,22H,1,4-12H2,2H3,(H,18,21). The molecule has 2 aliphatic rings. The third-order valence-corrected chi connectivity index (χ3v) is 5.21. The van der Waals surface area contributed by atoms with Crippen molar-refractivity contribution in [2.24, 2.45) is 11.8 Å². The molecule has 5 nitrogen and oxygen atoms in total. The van der Waals surface area contributed by atoms with E-state index in [0.717, 1.165) is 12.8 Å². The van der Waals surface area contributed by atoms with Crippen LogP contribution >= 0.6 is 0 Å². The van der Waals surface area contributed by atoms with Gasteiger partial charge in [0, 0.05) is 25.6 Å². The summed E-state index contributed by atoms with van der Waals surface area (Å²) in [4.78, 5) is 25.5. The van der Waals surface area contributed by atoms with E-state index >= 15 is 0 Å². The maximum Gasteiger partial charge on any atom is 0.245 e. The Bertz CT molecular complexity index is 420. The minimum atomic E-state index is -0.814.